The number of carboxylic acids is 1. The van der Waals surface area contributed by atoms with Crippen molar-refractivity contribution < 1.29 is 32.7 Å². The van der Waals surface area contributed by atoms with Crippen LogP contribution in [0.25, 0.3) is 11.1 Å². The Morgan fingerprint density at radius 1 is 0.889 bits per heavy atom. The highest BCUT2D eigenvalue weighted by atomic mass is 19.4. The fourth-order valence-corrected chi connectivity index (χ4v) is 3.94. The summed E-state index contributed by atoms with van der Waals surface area (Å²) in [5.41, 5.74) is 3.13. The van der Waals surface area contributed by atoms with E-state index in [1.54, 1.807) is 35.2 Å². The van der Waals surface area contributed by atoms with Gasteiger partial charge in [0.15, 0.2) is 0 Å². The first kappa shape index (κ1) is 24.8. The number of hydrogen-bond acceptors (Lipinski definition) is 3. The van der Waals surface area contributed by atoms with Crippen molar-refractivity contribution in [3.63, 3.8) is 0 Å². The molecule has 3 amide bonds. The van der Waals surface area contributed by atoms with Crippen LogP contribution in [0.3, 0.4) is 0 Å². The summed E-state index contributed by atoms with van der Waals surface area (Å²) in [6.45, 7) is 0.635. The van der Waals surface area contributed by atoms with Gasteiger partial charge in [-0.25, -0.2) is 4.79 Å². The lowest BCUT2D eigenvalue weighted by molar-refractivity contribution is -0.138. The maximum absolute atomic E-state index is 12.7. The van der Waals surface area contributed by atoms with Gasteiger partial charge in [0.1, 0.15) is 0 Å². The number of carbonyl (C=O) groups excluding carboxylic acids is 2. The number of fused-ring (bicyclic) bond motifs is 1. The lowest BCUT2D eigenvalue weighted by Gasteiger charge is -2.28. The van der Waals surface area contributed by atoms with Crippen molar-refractivity contribution in [2.45, 2.75) is 19.0 Å². The van der Waals surface area contributed by atoms with Gasteiger partial charge in [-0.1, -0.05) is 24.3 Å². The zero-order valence-electron chi connectivity index (χ0n) is 18.9. The van der Waals surface area contributed by atoms with Gasteiger partial charge in [0.05, 0.1) is 12.0 Å². The van der Waals surface area contributed by atoms with Crippen LogP contribution in [0.1, 0.15) is 27.9 Å². The first-order valence-electron chi connectivity index (χ1n) is 11.1. The number of benzene rings is 3. The fraction of sp³-hybridized carbons (Fsp3) is 0.192. The molecule has 186 valence electrons. The van der Waals surface area contributed by atoms with Crippen molar-refractivity contribution in [2.75, 3.05) is 23.7 Å². The summed E-state index contributed by atoms with van der Waals surface area (Å²) < 4.78 is 38.0. The number of carboxylic acid groups (broad SMARTS) is 1. The van der Waals surface area contributed by atoms with Crippen molar-refractivity contribution in [3.05, 3.63) is 83.4 Å². The molecule has 0 radical (unpaired) electrons. The Balaban J connectivity index is 1.38. The smallest absolute Gasteiger partial charge is 0.416 e. The first-order chi connectivity index (χ1) is 17.1. The summed E-state index contributed by atoms with van der Waals surface area (Å²) >= 11 is 0. The number of nitrogens with zero attached hydrogens (tertiary/aromatic N) is 1. The van der Waals surface area contributed by atoms with Gasteiger partial charge >= 0.3 is 18.2 Å². The molecule has 0 saturated carbocycles. The van der Waals surface area contributed by atoms with Crippen LogP contribution in [0.5, 0.6) is 0 Å². The number of nitrogens with one attached hydrogen (secondary N) is 2. The molecule has 0 aromatic heterocycles. The van der Waals surface area contributed by atoms with Crippen LogP contribution in [0.2, 0.25) is 0 Å². The topological polar surface area (TPSA) is 98.7 Å². The van der Waals surface area contributed by atoms with E-state index in [9.17, 15) is 27.6 Å². The normalized spacial score (nSPS) is 13.2. The van der Waals surface area contributed by atoms with Crippen LogP contribution in [-0.2, 0) is 17.4 Å². The summed E-state index contributed by atoms with van der Waals surface area (Å²) in [4.78, 5) is 37.2. The summed E-state index contributed by atoms with van der Waals surface area (Å²) in [6, 6.07) is 16.0. The van der Waals surface area contributed by atoms with E-state index in [1.165, 1.54) is 12.1 Å². The minimum Gasteiger partial charge on any atom is -0.481 e. The van der Waals surface area contributed by atoms with Crippen molar-refractivity contribution in [1.82, 2.24) is 4.90 Å². The van der Waals surface area contributed by atoms with Gasteiger partial charge in [-0.05, 0) is 65.6 Å². The molecule has 10 heteroatoms. The number of hydrogen-bond donors (Lipinski definition) is 3. The molecule has 4 rings (SSSR count). The number of urea groups is 1. The molecule has 7 nitrogen and oxygen atoms in total. The molecule has 0 fully saturated rings. The third-order valence-electron chi connectivity index (χ3n) is 5.82. The molecule has 3 aromatic rings. The molecule has 36 heavy (non-hydrogen) atoms. The van der Waals surface area contributed by atoms with E-state index in [2.05, 4.69) is 10.6 Å². The van der Waals surface area contributed by atoms with E-state index in [1.807, 2.05) is 12.1 Å². The van der Waals surface area contributed by atoms with Crippen molar-refractivity contribution >= 4 is 29.3 Å². The number of amides is 3. The van der Waals surface area contributed by atoms with E-state index in [-0.39, 0.29) is 24.6 Å². The first-order valence-corrected chi connectivity index (χ1v) is 11.1. The third-order valence-corrected chi connectivity index (χ3v) is 5.82. The van der Waals surface area contributed by atoms with Gasteiger partial charge in [0.2, 0.25) is 0 Å². The fourth-order valence-electron chi connectivity index (χ4n) is 3.94. The molecule has 0 atom stereocenters. The minimum absolute atomic E-state index is 0.0953. The Morgan fingerprint density at radius 3 is 2.06 bits per heavy atom. The average molecular weight is 497 g/mol. The molecular weight excluding hydrogens is 475 g/mol. The average Bonchev–Trinajstić information content (AvgIpc) is 2.83. The van der Waals surface area contributed by atoms with E-state index >= 15 is 0 Å². The third kappa shape index (κ3) is 5.83. The lowest BCUT2D eigenvalue weighted by atomic mass is 9.94. The standard InChI is InChI=1S/C26H22F3N3O4/c27-26(28,29)19-4-8-21(9-5-19)31-25(36)30-20-6-1-16(2-7-20)17-3-10-22-18(15-17)11-13-32(24(22)35)14-12-23(33)34/h1-10,15H,11-14H2,(H,33,34)(H2,30,31,36). The maximum Gasteiger partial charge on any atom is 0.416 e. The molecule has 1 aliphatic rings. The summed E-state index contributed by atoms with van der Waals surface area (Å²) in [5, 5.41) is 14.0. The molecule has 1 heterocycles. The molecule has 0 bridgehead atoms. The van der Waals surface area contributed by atoms with E-state index in [0.29, 0.717) is 24.2 Å². The van der Waals surface area contributed by atoms with Crippen LogP contribution in [0.15, 0.2) is 66.7 Å². The largest absolute Gasteiger partial charge is 0.481 e. The second-order valence-electron chi connectivity index (χ2n) is 8.29. The van der Waals surface area contributed by atoms with Gasteiger partial charge in [0.25, 0.3) is 5.91 Å². The lowest BCUT2D eigenvalue weighted by Crippen LogP contribution is -2.38. The predicted molar refractivity (Wildman–Crippen MR) is 128 cm³/mol. The number of alkyl halides is 3. The summed E-state index contributed by atoms with van der Waals surface area (Å²) in [7, 11) is 0. The van der Waals surface area contributed by atoms with Crippen LogP contribution >= 0.6 is 0 Å². The Labute approximate surface area is 204 Å². The zero-order chi connectivity index (χ0) is 25.9. The van der Waals surface area contributed by atoms with Crippen LogP contribution < -0.4 is 10.6 Å². The number of anilines is 2. The monoisotopic (exact) mass is 497 g/mol. The summed E-state index contributed by atoms with van der Waals surface area (Å²) in [5.74, 6) is -1.12. The van der Waals surface area contributed by atoms with Crippen LogP contribution in [0.4, 0.5) is 29.3 Å². The molecule has 0 unspecified atom stereocenters. The Kier molecular flexibility index (Phi) is 6.96. The highest BCUT2D eigenvalue weighted by Gasteiger charge is 2.30. The second-order valence-corrected chi connectivity index (χ2v) is 8.29. The number of halogens is 3. The predicted octanol–water partition coefficient (Wildman–Crippen LogP) is 5.49. The zero-order valence-corrected chi connectivity index (χ0v) is 18.9. The van der Waals surface area contributed by atoms with Gasteiger partial charge in [-0.3, -0.25) is 9.59 Å². The number of rotatable bonds is 6. The highest BCUT2D eigenvalue weighted by molar-refractivity contribution is 6.00. The molecule has 0 saturated heterocycles. The van der Waals surface area contributed by atoms with Gasteiger partial charge in [-0.2, -0.15) is 13.2 Å². The van der Waals surface area contributed by atoms with Gasteiger partial charge in [0, 0.05) is 30.0 Å². The molecule has 3 aromatic carbocycles. The summed E-state index contributed by atoms with van der Waals surface area (Å²) in [6.07, 6.45) is -3.92. The SMILES string of the molecule is O=C(O)CCN1CCc2cc(-c3ccc(NC(=O)Nc4ccc(C(F)(F)F)cc4)cc3)ccc2C1=O. The van der Waals surface area contributed by atoms with Crippen molar-refractivity contribution in [3.8, 4) is 11.1 Å². The maximum atomic E-state index is 12.7. The van der Waals surface area contributed by atoms with E-state index in [4.69, 9.17) is 5.11 Å². The van der Waals surface area contributed by atoms with E-state index < -0.39 is 23.7 Å². The molecule has 0 spiro atoms. The van der Waals surface area contributed by atoms with Crippen molar-refractivity contribution in [1.29, 1.82) is 0 Å². The Hall–Kier alpha value is -4.34. The minimum atomic E-state index is -4.45. The quantitative estimate of drug-likeness (QED) is 0.420. The second kappa shape index (κ2) is 10.1. The van der Waals surface area contributed by atoms with Gasteiger partial charge < -0.3 is 20.6 Å². The van der Waals surface area contributed by atoms with Crippen LogP contribution in [0, 0.1) is 0 Å². The highest BCUT2D eigenvalue weighted by Crippen LogP contribution is 2.30. The number of carbonyl (C=O) groups is 3. The number of aliphatic carboxylic acids is 1. The van der Waals surface area contributed by atoms with Crippen molar-refractivity contribution in [2.24, 2.45) is 0 Å². The van der Waals surface area contributed by atoms with Crippen LogP contribution in [-0.4, -0.2) is 41.0 Å². The van der Waals surface area contributed by atoms with E-state index in [0.717, 1.165) is 28.8 Å². The Bertz CT molecular complexity index is 1290. The molecule has 3 N–H and O–H groups in total. The molecule has 0 aliphatic carbocycles. The van der Waals surface area contributed by atoms with Gasteiger partial charge in [-0.15, -0.1) is 0 Å². The Morgan fingerprint density at radius 2 is 1.47 bits per heavy atom. The molecule has 1 aliphatic heterocycles. The molecular formula is C26H22F3N3O4.